The predicted molar refractivity (Wildman–Crippen MR) is 159 cm³/mol. The molecule has 2 amide bonds. The Morgan fingerprint density at radius 3 is 2.21 bits per heavy atom. The maximum absolute atomic E-state index is 13.7. The van der Waals surface area contributed by atoms with Crippen LogP contribution in [0.1, 0.15) is 45.6 Å². The molecule has 1 fully saturated rings. The molecule has 1 saturated heterocycles. The average Bonchev–Trinajstić information content (AvgIpc) is 3.60. The van der Waals surface area contributed by atoms with E-state index in [2.05, 4.69) is 15.6 Å². The summed E-state index contributed by atoms with van der Waals surface area (Å²) >= 11 is 1.25. The number of ether oxygens (including phenoxy) is 2. The first kappa shape index (κ1) is 31.2. The summed E-state index contributed by atoms with van der Waals surface area (Å²) in [6, 6.07) is 17.4. The van der Waals surface area contributed by atoms with Crippen LogP contribution in [0.15, 0.2) is 66.9 Å². The number of benzene rings is 2. The van der Waals surface area contributed by atoms with Gasteiger partial charge in [0, 0.05) is 13.5 Å². The summed E-state index contributed by atoms with van der Waals surface area (Å²) in [6.45, 7) is 3.79. The molecular weight excluding hydrogens is 554 g/mol. The molecule has 1 aromatic heterocycles. The fourth-order valence-corrected chi connectivity index (χ4v) is 5.43. The normalized spacial score (nSPS) is 18.0. The Bertz CT molecular complexity index is 1370. The van der Waals surface area contributed by atoms with E-state index in [0.29, 0.717) is 30.7 Å². The summed E-state index contributed by atoms with van der Waals surface area (Å²) in [7, 11) is 1.46. The van der Waals surface area contributed by atoms with Gasteiger partial charge < -0.3 is 20.1 Å². The lowest BCUT2D eigenvalue weighted by Gasteiger charge is -2.24. The topological polar surface area (TPSA) is 127 Å². The van der Waals surface area contributed by atoms with Crippen LogP contribution in [0.3, 0.4) is 0 Å². The monoisotopic (exact) mass is 591 g/mol. The van der Waals surface area contributed by atoms with Crippen LogP contribution in [0, 0.1) is 12.8 Å². The number of amides is 2. The van der Waals surface area contributed by atoms with Gasteiger partial charge in [-0.05, 0) is 44.2 Å². The summed E-state index contributed by atoms with van der Waals surface area (Å²) in [5, 5.41) is 6.48. The first-order valence-corrected chi connectivity index (χ1v) is 14.8. The molecule has 4 rings (SSSR count). The number of epoxide rings is 1. The van der Waals surface area contributed by atoms with Crippen molar-refractivity contribution in [1.82, 2.24) is 15.6 Å². The highest BCUT2D eigenvalue weighted by Crippen LogP contribution is 2.29. The number of aromatic nitrogens is 1. The molecule has 3 aromatic rings. The molecule has 222 valence electrons. The lowest BCUT2D eigenvalue weighted by Crippen LogP contribution is -2.50. The molecule has 1 aliphatic rings. The van der Waals surface area contributed by atoms with Crippen LogP contribution in [0.2, 0.25) is 0 Å². The van der Waals surface area contributed by atoms with Crippen molar-refractivity contribution in [3.8, 4) is 0 Å². The van der Waals surface area contributed by atoms with Crippen LogP contribution >= 0.6 is 11.3 Å². The van der Waals surface area contributed by atoms with Gasteiger partial charge in [0.25, 0.3) is 5.91 Å². The largest absolute Gasteiger partial charge is 0.384 e. The number of carbonyl (C=O) groups is 4. The number of hydrogen-bond acceptors (Lipinski definition) is 8. The van der Waals surface area contributed by atoms with Gasteiger partial charge in [-0.2, -0.15) is 0 Å². The first-order chi connectivity index (χ1) is 20.2. The molecule has 4 atom stereocenters. The second-order valence-corrected chi connectivity index (χ2v) is 12.0. The molecule has 0 aliphatic carbocycles. The molecule has 2 heterocycles. The van der Waals surface area contributed by atoms with Crippen molar-refractivity contribution in [3.63, 3.8) is 0 Å². The lowest BCUT2D eigenvalue weighted by molar-refractivity contribution is -0.135. The summed E-state index contributed by atoms with van der Waals surface area (Å²) in [6.07, 6.45) is 2.54. The summed E-state index contributed by atoms with van der Waals surface area (Å²) in [5.74, 6) is -2.21. The highest BCUT2D eigenvalue weighted by Gasteiger charge is 2.50. The molecule has 42 heavy (non-hydrogen) atoms. The Kier molecular flexibility index (Phi) is 10.7. The van der Waals surface area contributed by atoms with Crippen molar-refractivity contribution in [3.05, 3.63) is 87.9 Å². The fourth-order valence-electron chi connectivity index (χ4n) is 4.75. The SMILES string of the molecule is COCC(CC(=O)C(CCc1ccccc1)NC(=O)c1cnc(C)s1)C(=O)NC(Cc1ccccc1)C(=O)C1(C)CO1. The van der Waals surface area contributed by atoms with Gasteiger partial charge in [-0.1, -0.05) is 60.7 Å². The molecular formula is C32H37N3O6S. The van der Waals surface area contributed by atoms with Crippen LogP contribution in [-0.2, 0) is 36.7 Å². The second kappa shape index (κ2) is 14.4. The van der Waals surface area contributed by atoms with E-state index in [1.54, 1.807) is 13.8 Å². The van der Waals surface area contributed by atoms with E-state index >= 15 is 0 Å². The van der Waals surface area contributed by atoms with Crippen molar-refractivity contribution in [2.45, 2.75) is 57.2 Å². The highest BCUT2D eigenvalue weighted by molar-refractivity contribution is 7.13. The zero-order chi connectivity index (χ0) is 30.1. The van der Waals surface area contributed by atoms with E-state index in [4.69, 9.17) is 9.47 Å². The minimum atomic E-state index is -0.929. The number of methoxy groups -OCH3 is 1. The summed E-state index contributed by atoms with van der Waals surface area (Å²) in [5.41, 5.74) is 0.991. The Morgan fingerprint density at radius 2 is 1.64 bits per heavy atom. The average molecular weight is 592 g/mol. The van der Waals surface area contributed by atoms with Crippen molar-refractivity contribution in [2.24, 2.45) is 5.92 Å². The maximum Gasteiger partial charge on any atom is 0.263 e. The number of rotatable bonds is 16. The number of Topliss-reactive ketones (excluding diaryl/α,β-unsaturated/α-hetero) is 2. The lowest BCUT2D eigenvalue weighted by atomic mass is 9.92. The van der Waals surface area contributed by atoms with E-state index < -0.39 is 29.5 Å². The van der Waals surface area contributed by atoms with E-state index in [1.165, 1.54) is 24.6 Å². The van der Waals surface area contributed by atoms with Gasteiger partial charge in [0.1, 0.15) is 10.5 Å². The van der Waals surface area contributed by atoms with Crippen LogP contribution in [0.5, 0.6) is 0 Å². The number of nitrogens with one attached hydrogen (secondary N) is 2. The smallest absolute Gasteiger partial charge is 0.263 e. The number of carbonyl (C=O) groups excluding carboxylic acids is 4. The molecule has 4 unspecified atom stereocenters. The molecule has 10 heteroatoms. The zero-order valence-corrected chi connectivity index (χ0v) is 24.9. The standard InChI is InChI=1S/C32H37N3O6S/c1-21-33-18-28(42-21)31(39)34-25(15-14-22-10-6-4-7-11-22)27(36)17-24(19-40-3)30(38)35-26(29(37)32(2)20-41-32)16-23-12-8-5-9-13-23/h4-13,18,24-26H,14-17,19-20H2,1-3H3,(H,34,39)(H,35,38). The summed E-state index contributed by atoms with van der Waals surface area (Å²) < 4.78 is 10.7. The molecule has 1 aliphatic heterocycles. The van der Waals surface area contributed by atoms with Crippen molar-refractivity contribution >= 4 is 34.7 Å². The fraction of sp³-hybridized carbons (Fsp3) is 0.406. The number of aryl methyl sites for hydroxylation is 2. The third-order valence-electron chi connectivity index (χ3n) is 7.30. The Hall–Kier alpha value is -3.73. The minimum Gasteiger partial charge on any atom is -0.384 e. The van der Waals surface area contributed by atoms with Gasteiger partial charge >= 0.3 is 0 Å². The minimum absolute atomic E-state index is 0.0228. The second-order valence-electron chi connectivity index (χ2n) is 10.8. The van der Waals surface area contributed by atoms with Crippen molar-refractivity contribution in [1.29, 1.82) is 0 Å². The number of thiazole rings is 1. The predicted octanol–water partition coefficient (Wildman–Crippen LogP) is 3.49. The van der Waals surface area contributed by atoms with E-state index in [0.717, 1.165) is 16.1 Å². The Morgan fingerprint density at radius 1 is 1.00 bits per heavy atom. The van der Waals surface area contributed by atoms with Crippen molar-refractivity contribution in [2.75, 3.05) is 20.3 Å². The molecule has 0 saturated carbocycles. The van der Waals surface area contributed by atoms with Crippen LogP contribution < -0.4 is 10.6 Å². The third-order valence-corrected chi connectivity index (χ3v) is 8.22. The van der Waals surface area contributed by atoms with Gasteiger partial charge in [0.2, 0.25) is 5.91 Å². The van der Waals surface area contributed by atoms with E-state index in [1.807, 2.05) is 60.7 Å². The van der Waals surface area contributed by atoms with Gasteiger partial charge in [0.05, 0.1) is 42.4 Å². The highest BCUT2D eigenvalue weighted by atomic mass is 32.1. The summed E-state index contributed by atoms with van der Waals surface area (Å²) in [4.78, 5) is 58.0. The van der Waals surface area contributed by atoms with Gasteiger partial charge in [-0.25, -0.2) is 4.98 Å². The van der Waals surface area contributed by atoms with Gasteiger partial charge in [-0.15, -0.1) is 11.3 Å². The van der Waals surface area contributed by atoms with Gasteiger partial charge in [0.15, 0.2) is 11.6 Å². The van der Waals surface area contributed by atoms with Gasteiger partial charge in [-0.3, -0.25) is 19.2 Å². The molecule has 0 spiro atoms. The first-order valence-electron chi connectivity index (χ1n) is 14.0. The van der Waals surface area contributed by atoms with Crippen LogP contribution in [0.25, 0.3) is 0 Å². The maximum atomic E-state index is 13.7. The number of nitrogens with zero attached hydrogens (tertiary/aromatic N) is 1. The van der Waals surface area contributed by atoms with Crippen molar-refractivity contribution < 1.29 is 28.7 Å². The molecule has 0 radical (unpaired) electrons. The number of hydrogen-bond donors (Lipinski definition) is 2. The Balaban J connectivity index is 1.48. The van der Waals surface area contributed by atoms with E-state index in [9.17, 15) is 19.2 Å². The third kappa shape index (κ3) is 8.64. The Labute approximate surface area is 250 Å². The zero-order valence-electron chi connectivity index (χ0n) is 24.1. The number of ketones is 2. The quantitative estimate of drug-likeness (QED) is 0.244. The van der Waals surface area contributed by atoms with Crippen LogP contribution in [-0.4, -0.2) is 66.4 Å². The molecule has 0 bridgehead atoms. The molecule has 2 N–H and O–H groups in total. The molecule has 9 nitrogen and oxygen atoms in total. The molecule has 2 aromatic carbocycles. The van der Waals surface area contributed by atoms with Crippen LogP contribution in [0.4, 0.5) is 0 Å². The van der Waals surface area contributed by atoms with E-state index in [-0.39, 0.29) is 30.5 Å².